The van der Waals surface area contributed by atoms with Crippen molar-refractivity contribution < 1.29 is 23.2 Å². The number of hydrogen-bond donors (Lipinski definition) is 0. The lowest BCUT2D eigenvalue weighted by Crippen LogP contribution is -2.00. The van der Waals surface area contributed by atoms with Gasteiger partial charge in [0.15, 0.2) is 0 Å². The molecule has 0 saturated heterocycles. The molecular weight excluding hydrogens is 280 g/mol. The van der Waals surface area contributed by atoms with Gasteiger partial charge in [0.2, 0.25) is 0 Å². The summed E-state index contributed by atoms with van der Waals surface area (Å²) in [5.41, 5.74) is 0.433. The van der Waals surface area contributed by atoms with Gasteiger partial charge in [0.1, 0.15) is 21.0 Å². The number of ether oxygens (including phenoxy) is 2. The maximum atomic E-state index is 10.3. The van der Waals surface area contributed by atoms with Crippen molar-refractivity contribution >= 4 is 32.9 Å². The lowest BCUT2D eigenvalue weighted by molar-refractivity contribution is -0.138. The van der Waals surface area contributed by atoms with Gasteiger partial charge in [-0.15, -0.1) is 0 Å². The highest BCUT2D eigenvalue weighted by atomic mass is 28.3. The van der Waals surface area contributed by atoms with Crippen LogP contribution in [0.25, 0.3) is 0 Å². The van der Waals surface area contributed by atoms with E-state index in [9.17, 15) is 9.59 Å². The quantitative estimate of drug-likeness (QED) is 0.305. The molecule has 0 atom stereocenters. The second-order valence-corrected chi connectivity index (χ2v) is 6.67. The first-order valence-electron chi connectivity index (χ1n) is 5.84. The zero-order chi connectivity index (χ0) is 15.7. The van der Waals surface area contributed by atoms with Crippen LogP contribution in [0.1, 0.15) is 26.7 Å². The zero-order valence-corrected chi connectivity index (χ0v) is 16.7. The first kappa shape index (κ1) is 22.9. The van der Waals surface area contributed by atoms with Crippen LogP contribution < -0.4 is 0 Å². The van der Waals surface area contributed by atoms with Crippen LogP contribution in [-0.4, -0.2) is 46.6 Å². The van der Waals surface area contributed by atoms with Crippen molar-refractivity contribution in [3.05, 3.63) is 24.8 Å². The van der Waals surface area contributed by atoms with Gasteiger partial charge in [0.25, 0.3) is 0 Å². The molecule has 0 bridgehead atoms. The van der Waals surface area contributed by atoms with Crippen LogP contribution in [0.4, 0.5) is 0 Å². The topological polar surface area (TPSA) is 61.8 Å². The smallest absolute Gasteiger partial charge is 0.332 e. The second-order valence-electron chi connectivity index (χ2n) is 3.41. The summed E-state index contributed by atoms with van der Waals surface area (Å²) in [5.74, 6) is -0.677. The van der Waals surface area contributed by atoms with Crippen LogP contribution in [0.3, 0.4) is 0 Å². The van der Waals surface area contributed by atoms with Crippen molar-refractivity contribution in [2.45, 2.75) is 26.7 Å². The van der Waals surface area contributed by atoms with E-state index >= 15 is 0 Å². The molecule has 0 rings (SSSR count). The summed E-state index contributed by atoms with van der Waals surface area (Å²) in [7, 11) is 3.19. The lowest BCUT2D eigenvalue weighted by Gasteiger charge is -1.97. The molecule has 0 aromatic carbocycles. The minimum absolute atomic E-state index is 0.330. The fourth-order valence-electron chi connectivity index (χ4n) is 0.550. The molecule has 0 aliphatic heterocycles. The first-order valence-corrected chi connectivity index (χ1v) is 7.47. The summed E-state index contributed by atoms with van der Waals surface area (Å²) >= 11 is 0. The molecule has 0 aliphatic carbocycles. The average Bonchev–Trinajstić information content (AvgIpc) is 2.39. The van der Waals surface area contributed by atoms with Crippen molar-refractivity contribution in [1.82, 2.24) is 0 Å². The highest BCUT2D eigenvalue weighted by Crippen LogP contribution is 1.88. The summed E-state index contributed by atoms with van der Waals surface area (Å²) in [6.07, 6.45) is 3.15. The molecule has 0 aliphatic rings. The molecule has 0 saturated carbocycles. The Labute approximate surface area is 122 Å². The molecule has 7 heteroatoms. The molecule has 0 unspecified atom stereocenters. The summed E-state index contributed by atoms with van der Waals surface area (Å²) in [6, 6.07) is 0. The van der Waals surface area contributed by atoms with Crippen molar-refractivity contribution in [1.29, 1.82) is 0 Å². The van der Waals surface area contributed by atoms with E-state index < -0.39 is 0 Å². The van der Waals surface area contributed by atoms with Crippen LogP contribution in [0, 0.1) is 0 Å². The van der Waals surface area contributed by atoms with E-state index in [1.165, 1.54) is 13.2 Å². The third-order valence-corrected chi connectivity index (χ3v) is 1.44. The first-order chi connectivity index (χ1) is 8.90. The van der Waals surface area contributed by atoms with Crippen LogP contribution in [0.5, 0.6) is 0 Å². The van der Waals surface area contributed by atoms with Gasteiger partial charge in [0.05, 0.1) is 13.7 Å². The SMILES string of the molecule is C=C(C)C(=O)OC.C=CC(=O)OCCCC.[SiH3]O[SiH3]. The van der Waals surface area contributed by atoms with Crippen LogP contribution in [0.2, 0.25) is 0 Å². The molecule has 0 radical (unpaired) electrons. The number of esters is 2. The van der Waals surface area contributed by atoms with Gasteiger partial charge in [-0.2, -0.15) is 0 Å². The number of methoxy groups -OCH3 is 1. The van der Waals surface area contributed by atoms with Crippen LogP contribution >= 0.6 is 0 Å². The molecule has 0 heterocycles. The monoisotopic (exact) mass is 306 g/mol. The minimum atomic E-state index is -0.347. The number of unbranched alkanes of at least 4 members (excludes halogenated alkanes) is 1. The third-order valence-electron chi connectivity index (χ3n) is 1.44. The van der Waals surface area contributed by atoms with Crippen LogP contribution in [0.15, 0.2) is 24.8 Å². The molecule has 0 aromatic rings. The van der Waals surface area contributed by atoms with E-state index in [-0.39, 0.29) is 11.9 Å². The Morgan fingerprint density at radius 1 is 1.32 bits per heavy atom. The van der Waals surface area contributed by atoms with Gasteiger partial charge in [0, 0.05) is 11.6 Å². The fraction of sp³-hybridized carbons (Fsp3) is 0.500. The Balaban J connectivity index is -0.000000228. The van der Waals surface area contributed by atoms with Gasteiger partial charge >= 0.3 is 11.9 Å². The normalized spacial score (nSPS) is 8.16. The Bertz CT molecular complexity index is 267. The predicted molar refractivity (Wildman–Crippen MR) is 83.9 cm³/mol. The third kappa shape index (κ3) is 26.4. The second kappa shape index (κ2) is 19.2. The maximum absolute atomic E-state index is 10.3. The summed E-state index contributed by atoms with van der Waals surface area (Å²) in [6.45, 7) is 10.8. The van der Waals surface area contributed by atoms with E-state index in [1.54, 1.807) is 6.92 Å². The Kier molecular flexibility index (Phi) is 23.1. The zero-order valence-electron chi connectivity index (χ0n) is 12.7. The van der Waals surface area contributed by atoms with E-state index in [4.69, 9.17) is 0 Å². The van der Waals surface area contributed by atoms with Gasteiger partial charge in [-0.1, -0.05) is 26.5 Å². The average molecular weight is 307 g/mol. The Morgan fingerprint density at radius 3 is 2.00 bits per heavy atom. The van der Waals surface area contributed by atoms with Gasteiger partial charge in [-0.3, -0.25) is 0 Å². The molecule has 0 N–H and O–H groups in total. The predicted octanol–water partition coefficient (Wildman–Crippen LogP) is -0.185. The van der Waals surface area contributed by atoms with Gasteiger partial charge < -0.3 is 13.6 Å². The van der Waals surface area contributed by atoms with Gasteiger partial charge in [-0.05, 0) is 13.3 Å². The van der Waals surface area contributed by atoms with Crippen molar-refractivity contribution in [2.24, 2.45) is 0 Å². The molecule has 112 valence electrons. The maximum Gasteiger partial charge on any atom is 0.332 e. The largest absolute Gasteiger partial charge is 0.471 e. The number of hydrogen-bond acceptors (Lipinski definition) is 5. The van der Waals surface area contributed by atoms with E-state index in [1.807, 2.05) is 6.92 Å². The Morgan fingerprint density at radius 2 is 1.79 bits per heavy atom. The molecule has 0 amide bonds. The molecule has 0 fully saturated rings. The number of rotatable bonds is 5. The van der Waals surface area contributed by atoms with Crippen molar-refractivity contribution in [3.8, 4) is 0 Å². The lowest BCUT2D eigenvalue weighted by atomic mass is 10.4. The highest BCUT2D eigenvalue weighted by Gasteiger charge is 1.95. The van der Waals surface area contributed by atoms with Crippen molar-refractivity contribution in [2.75, 3.05) is 13.7 Å². The minimum Gasteiger partial charge on any atom is -0.471 e. The molecule has 19 heavy (non-hydrogen) atoms. The number of carbonyl (C=O) groups excluding carboxylic acids is 2. The van der Waals surface area contributed by atoms with E-state index in [0.29, 0.717) is 12.2 Å². The summed E-state index contributed by atoms with van der Waals surface area (Å²) in [4.78, 5) is 20.5. The van der Waals surface area contributed by atoms with Crippen LogP contribution in [-0.2, 0) is 23.2 Å². The fourth-order valence-corrected chi connectivity index (χ4v) is 0.550. The number of carbonyl (C=O) groups is 2. The standard InChI is InChI=1S/C7H12O2.C5H8O2.H6OSi2/c1-3-5-6-9-7(8)4-2;1-4(2)5(6)7-3;2-1-3/h4H,2-3,5-6H2,1H3;1H2,2-3H3;2-3H3. The molecule has 0 aromatic heterocycles. The van der Waals surface area contributed by atoms with Crippen molar-refractivity contribution in [3.63, 3.8) is 0 Å². The van der Waals surface area contributed by atoms with Gasteiger partial charge in [-0.25, -0.2) is 9.59 Å². The Hall–Kier alpha value is -1.19. The molecular formula is C12H26O5Si2. The molecule has 0 spiro atoms. The highest BCUT2D eigenvalue weighted by molar-refractivity contribution is 6.15. The van der Waals surface area contributed by atoms with E-state index in [2.05, 4.69) is 26.7 Å². The summed E-state index contributed by atoms with van der Waals surface area (Å²) in [5, 5.41) is 0. The van der Waals surface area contributed by atoms with E-state index in [0.717, 1.165) is 33.8 Å². The summed E-state index contributed by atoms with van der Waals surface area (Å²) < 4.78 is 13.5. The molecule has 5 nitrogen and oxygen atoms in total.